The molecule has 4 heteroatoms. The highest BCUT2D eigenvalue weighted by Gasteiger charge is 2.19. The zero-order valence-corrected chi connectivity index (χ0v) is 15.4. The number of ether oxygens (including phenoxy) is 1. The maximum atomic E-state index is 12.0. The van der Waals surface area contributed by atoms with Gasteiger partial charge in [-0.1, -0.05) is 44.2 Å². The SMILES string of the molecule is CC(C)CC(NCCN(C)C(=O)OC(C)(C)C)c1ccccc1. The van der Waals surface area contributed by atoms with Crippen molar-refractivity contribution in [1.29, 1.82) is 0 Å². The number of nitrogens with one attached hydrogen (secondary N) is 1. The van der Waals surface area contributed by atoms with Gasteiger partial charge in [-0.15, -0.1) is 0 Å². The third-order valence-electron chi connectivity index (χ3n) is 3.45. The molecule has 0 aliphatic heterocycles. The highest BCUT2D eigenvalue weighted by atomic mass is 16.6. The summed E-state index contributed by atoms with van der Waals surface area (Å²) in [7, 11) is 1.77. The van der Waals surface area contributed by atoms with E-state index >= 15 is 0 Å². The van der Waals surface area contributed by atoms with Gasteiger partial charge in [0, 0.05) is 26.2 Å². The first-order valence-electron chi connectivity index (χ1n) is 8.41. The van der Waals surface area contributed by atoms with E-state index in [-0.39, 0.29) is 6.09 Å². The van der Waals surface area contributed by atoms with Crippen LogP contribution in [0, 0.1) is 5.92 Å². The Bertz CT molecular complexity index is 466. The highest BCUT2D eigenvalue weighted by molar-refractivity contribution is 5.67. The van der Waals surface area contributed by atoms with E-state index in [1.807, 2.05) is 26.8 Å². The van der Waals surface area contributed by atoms with Crippen LogP contribution in [0.25, 0.3) is 0 Å². The minimum absolute atomic E-state index is 0.278. The summed E-state index contributed by atoms with van der Waals surface area (Å²) in [6, 6.07) is 10.8. The van der Waals surface area contributed by atoms with Gasteiger partial charge in [0.2, 0.25) is 0 Å². The summed E-state index contributed by atoms with van der Waals surface area (Å²) in [5.41, 5.74) is 0.837. The average Bonchev–Trinajstić information content (AvgIpc) is 2.44. The van der Waals surface area contributed by atoms with Crippen molar-refractivity contribution in [2.24, 2.45) is 5.92 Å². The lowest BCUT2D eigenvalue weighted by atomic mass is 9.97. The van der Waals surface area contributed by atoms with Gasteiger partial charge in [0.15, 0.2) is 0 Å². The van der Waals surface area contributed by atoms with Crippen LogP contribution in [-0.2, 0) is 4.74 Å². The summed E-state index contributed by atoms with van der Waals surface area (Å²) in [5.74, 6) is 0.608. The zero-order chi connectivity index (χ0) is 17.5. The quantitative estimate of drug-likeness (QED) is 0.817. The zero-order valence-electron chi connectivity index (χ0n) is 15.4. The minimum atomic E-state index is -0.455. The van der Waals surface area contributed by atoms with E-state index in [0.717, 1.165) is 13.0 Å². The van der Waals surface area contributed by atoms with Crippen molar-refractivity contribution in [2.75, 3.05) is 20.1 Å². The summed E-state index contributed by atoms with van der Waals surface area (Å²) in [5, 5.41) is 3.57. The molecule has 4 nitrogen and oxygen atoms in total. The Morgan fingerprint density at radius 3 is 2.35 bits per heavy atom. The predicted molar refractivity (Wildman–Crippen MR) is 95.5 cm³/mol. The lowest BCUT2D eigenvalue weighted by molar-refractivity contribution is 0.0299. The Kier molecular flexibility index (Phi) is 7.56. The van der Waals surface area contributed by atoms with Gasteiger partial charge < -0.3 is 15.0 Å². The summed E-state index contributed by atoms with van der Waals surface area (Å²) < 4.78 is 5.37. The van der Waals surface area contributed by atoms with Crippen molar-refractivity contribution in [2.45, 2.75) is 52.7 Å². The lowest BCUT2D eigenvalue weighted by Gasteiger charge is -2.26. The number of likely N-dealkylation sites (N-methyl/N-ethyl adjacent to an activating group) is 1. The standard InChI is InChI=1S/C19H32N2O2/c1-15(2)14-17(16-10-8-7-9-11-16)20-12-13-21(6)18(22)23-19(3,4)5/h7-11,15,17,20H,12-14H2,1-6H3. The first-order chi connectivity index (χ1) is 10.7. The molecule has 0 aliphatic rings. The number of nitrogens with zero attached hydrogens (tertiary/aromatic N) is 1. The van der Waals surface area contributed by atoms with E-state index in [2.05, 4.69) is 43.4 Å². The fourth-order valence-corrected chi connectivity index (χ4v) is 2.33. The van der Waals surface area contributed by atoms with Gasteiger partial charge in [0.25, 0.3) is 0 Å². The van der Waals surface area contributed by atoms with Crippen molar-refractivity contribution in [3.05, 3.63) is 35.9 Å². The first-order valence-corrected chi connectivity index (χ1v) is 8.41. The summed E-state index contributed by atoms with van der Waals surface area (Å²) >= 11 is 0. The van der Waals surface area contributed by atoms with Crippen molar-refractivity contribution < 1.29 is 9.53 Å². The molecule has 0 fully saturated rings. The van der Waals surface area contributed by atoms with Crippen molar-refractivity contribution in [3.8, 4) is 0 Å². The molecule has 130 valence electrons. The van der Waals surface area contributed by atoms with Crippen LogP contribution in [0.5, 0.6) is 0 Å². The molecule has 1 aromatic rings. The third-order valence-corrected chi connectivity index (χ3v) is 3.45. The lowest BCUT2D eigenvalue weighted by Crippen LogP contribution is -2.38. The van der Waals surface area contributed by atoms with Gasteiger partial charge in [-0.05, 0) is 38.7 Å². The van der Waals surface area contributed by atoms with Crippen LogP contribution in [0.2, 0.25) is 0 Å². The van der Waals surface area contributed by atoms with Gasteiger partial charge in [0.05, 0.1) is 0 Å². The van der Waals surface area contributed by atoms with E-state index in [4.69, 9.17) is 4.74 Å². The molecule has 1 unspecified atom stereocenters. The van der Waals surface area contributed by atoms with Gasteiger partial charge in [0.1, 0.15) is 5.60 Å². The molecule has 1 N–H and O–H groups in total. The van der Waals surface area contributed by atoms with Gasteiger partial charge in [-0.25, -0.2) is 4.79 Å². The predicted octanol–water partition coefficient (Wildman–Crippen LogP) is 4.23. The van der Waals surface area contributed by atoms with E-state index < -0.39 is 5.60 Å². The molecule has 0 spiro atoms. The molecule has 0 heterocycles. The van der Waals surface area contributed by atoms with Crippen molar-refractivity contribution >= 4 is 6.09 Å². The maximum Gasteiger partial charge on any atom is 0.410 e. The first kappa shape index (κ1) is 19.5. The molecule has 1 aromatic carbocycles. The minimum Gasteiger partial charge on any atom is -0.444 e. The Morgan fingerprint density at radius 2 is 1.83 bits per heavy atom. The second kappa shape index (κ2) is 8.92. The highest BCUT2D eigenvalue weighted by Crippen LogP contribution is 2.20. The Hall–Kier alpha value is -1.55. The number of benzene rings is 1. The summed E-state index contributed by atoms with van der Waals surface area (Å²) in [4.78, 5) is 13.6. The average molecular weight is 320 g/mol. The smallest absolute Gasteiger partial charge is 0.410 e. The Labute approximate surface area is 141 Å². The normalized spacial score (nSPS) is 13.0. The van der Waals surface area contributed by atoms with Crippen LogP contribution in [0.4, 0.5) is 4.79 Å². The van der Waals surface area contributed by atoms with Crippen LogP contribution < -0.4 is 5.32 Å². The number of hydrogen-bond donors (Lipinski definition) is 1. The molecule has 0 radical (unpaired) electrons. The fourth-order valence-electron chi connectivity index (χ4n) is 2.33. The molecular weight excluding hydrogens is 288 g/mol. The summed E-state index contributed by atoms with van der Waals surface area (Å²) in [6.07, 6.45) is 0.791. The molecule has 1 atom stereocenters. The number of amides is 1. The molecule has 0 bridgehead atoms. The monoisotopic (exact) mass is 320 g/mol. The van der Waals surface area contributed by atoms with Gasteiger partial charge in [-0.3, -0.25) is 0 Å². The van der Waals surface area contributed by atoms with Gasteiger partial charge in [-0.2, -0.15) is 0 Å². The molecule has 23 heavy (non-hydrogen) atoms. The largest absolute Gasteiger partial charge is 0.444 e. The molecule has 1 amide bonds. The van der Waals surface area contributed by atoms with E-state index in [1.54, 1.807) is 11.9 Å². The van der Waals surface area contributed by atoms with Crippen LogP contribution in [0.15, 0.2) is 30.3 Å². The van der Waals surface area contributed by atoms with Crippen LogP contribution in [0.3, 0.4) is 0 Å². The second-order valence-corrected chi connectivity index (χ2v) is 7.45. The molecular formula is C19H32N2O2. The van der Waals surface area contributed by atoms with Gasteiger partial charge >= 0.3 is 6.09 Å². The summed E-state index contributed by atoms with van der Waals surface area (Å²) in [6.45, 7) is 11.5. The van der Waals surface area contributed by atoms with E-state index in [1.165, 1.54) is 5.56 Å². The van der Waals surface area contributed by atoms with E-state index in [9.17, 15) is 4.79 Å². The van der Waals surface area contributed by atoms with Crippen LogP contribution in [-0.4, -0.2) is 36.7 Å². The molecule has 1 rings (SSSR count). The molecule has 0 saturated heterocycles. The molecule has 0 aliphatic carbocycles. The maximum absolute atomic E-state index is 12.0. The topological polar surface area (TPSA) is 41.6 Å². The van der Waals surface area contributed by atoms with Crippen LogP contribution in [0.1, 0.15) is 52.6 Å². The number of carbonyl (C=O) groups is 1. The Balaban J connectivity index is 2.51. The number of rotatable bonds is 7. The molecule has 0 aromatic heterocycles. The Morgan fingerprint density at radius 1 is 1.22 bits per heavy atom. The third kappa shape index (κ3) is 8.03. The number of carbonyl (C=O) groups excluding carboxylic acids is 1. The van der Waals surface area contributed by atoms with Crippen molar-refractivity contribution in [3.63, 3.8) is 0 Å². The van der Waals surface area contributed by atoms with Crippen molar-refractivity contribution in [1.82, 2.24) is 10.2 Å². The molecule has 0 saturated carbocycles. The number of hydrogen-bond acceptors (Lipinski definition) is 3. The van der Waals surface area contributed by atoms with E-state index in [0.29, 0.717) is 18.5 Å². The fraction of sp³-hybridized carbons (Fsp3) is 0.632. The van der Waals surface area contributed by atoms with Crippen LogP contribution >= 0.6 is 0 Å². The second-order valence-electron chi connectivity index (χ2n) is 7.45.